The minimum atomic E-state index is -1.08. The number of halogens is 2. The molecule has 0 spiro atoms. The van der Waals surface area contributed by atoms with Gasteiger partial charge < -0.3 is 9.84 Å². The Hall–Kier alpha value is -0.930. The molecule has 82 valence electrons. The van der Waals surface area contributed by atoms with Crippen molar-refractivity contribution in [3.05, 3.63) is 27.2 Å². The van der Waals surface area contributed by atoms with Crippen molar-refractivity contribution < 1.29 is 14.6 Å². The Morgan fingerprint density at radius 2 is 2.13 bits per heavy atom. The predicted octanol–water partition coefficient (Wildman–Crippen LogP) is 3.26. The molecule has 0 unspecified atom stereocenters. The number of carbonyl (C=O) groups is 1. The average molecular weight is 249 g/mol. The summed E-state index contributed by atoms with van der Waals surface area (Å²) in [5.41, 5.74) is 0.646. The smallest absolute Gasteiger partial charge is 0.339 e. The number of carboxylic acids is 1. The van der Waals surface area contributed by atoms with Crippen LogP contribution in [-0.4, -0.2) is 18.2 Å². The van der Waals surface area contributed by atoms with Crippen LogP contribution >= 0.6 is 23.2 Å². The Kier molecular flexibility index (Phi) is 3.83. The van der Waals surface area contributed by atoms with Gasteiger partial charge in [0.1, 0.15) is 11.3 Å². The van der Waals surface area contributed by atoms with E-state index in [4.69, 9.17) is 33.0 Å². The van der Waals surface area contributed by atoms with Crippen molar-refractivity contribution in [1.82, 2.24) is 0 Å². The van der Waals surface area contributed by atoms with Crippen LogP contribution in [0.25, 0.3) is 0 Å². The van der Waals surface area contributed by atoms with Gasteiger partial charge in [-0.25, -0.2) is 4.79 Å². The van der Waals surface area contributed by atoms with E-state index in [2.05, 4.69) is 0 Å². The summed E-state index contributed by atoms with van der Waals surface area (Å²) >= 11 is 11.8. The van der Waals surface area contributed by atoms with E-state index in [1.54, 1.807) is 0 Å². The minimum Gasteiger partial charge on any atom is -0.496 e. The number of hydrogen-bond acceptors (Lipinski definition) is 2. The maximum absolute atomic E-state index is 10.9. The molecule has 0 radical (unpaired) electrons. The lowest BCUT2D eigenvalue weighted by atomic mass is 10.1. The fourth-order valence-corrected chi connectivity index (χ4v) is 1.87. The molecule has 0 bridgehead atoms. The molecule has 0 aliphatic heterocycles. The van der Waals surface area contributed by atoms with E-state index in [0.717, 1.165) is 0 Å². The zero-order valence-electron chi connectivity index (χ0n) is 8.30. The fraction of sp³-hybridized carbons (Fsp3) is 0.300. The summed E-state index contributed by atoms with van der Waals surface area (Å²) in [5, 5.41) is 9.53. The third kappa shape index (κ3) is 2.19. The van der Waals surface area contributed by atoms with E-state index >= 15 is 0 Å². The third-order valence-corrected chi connectivity index (χ3v) is 2.88. The van der Waals surface area contributed by atoms with Crippen molar-refractivity contribution in [2.45, 2.75) is 13.3 Å². The normalized spacial score (nSPS) is 10.1. The Balaban J connectivity index is 3.54. The van der Waals surface area contributed by atoms with Crippen LogP contribution in [0, 0.1) is 0 Å². The lowest BCUT2D eigenvalue weighted by Crippen LogP contribution is -2.04. The number of aromatic carboxylic acids is 1. The second-order valence-corrected chi connectivity index (χ2v) is 3.68. The molecule has 0 saturated carbocycles. The van der Waals surface area contributed by atoms with Gasteiger partial charge in [0, 0.05) is 5.56 Å². The van der Waals surface area contributed by atoms with Crippen molar-refractivity contribution in [2.24, 2.45) is 0 Å². The Bertz CT molecular complexity index is 402. The van der Waals surface area contributed by atoms with Crippen LogP contribution in [0.15, 0.2) is 6.07 Å². The number of ether oxygens (including phenoxy) is 1. The van der Waals surface area contributed by atoms with Crippen molar-refractivity contribution in [1.29, 1.82) is 0 Å². The van der Waals surface area contributed by atoms with Crippen LogP contribution in [-0.2, 0) is 6.42 Å². The Morgan fingerprint density at radius 1 is 1.53 bits per heavy atom. The zero-order chi connectivity index (χ0) is 11.6. The standard InChI is InChI=1S/C10H10Cl2O3/c1-3-5-8(12)7(11)4-6(10(13)14)9(5)15-2/h4H,3H2,1-2H3,(H,13,14). The Morgan fingerprint density at radius 3 is 2.53 bits per heavy atom. The summed E-state index contributed by atoms with van der Waals surface area (Å²) in [5.74, 6) is -0.806. The van der Waals surface area contributed by atoms with Gasteiger partial charge in [-0.05, 0) is 12.5 Å². The molecule has 1 N–H and O–H groups in total. The second-order valence-electron chi connectivity index (χ2n) is 2.89. The molecule has 0 atom stereocenters. The van der Waals surface area contributed by atoms with Crippen LogP contribution in [0.3, 0.4) is 0 Å². The number of hydrogen-bond donors (Lipinski definition) is 1. The quantitative estimate of drug-likeness (QED) is 0.894. The van der Waals surface area contributed by atoms with Gasteiger partial charge in [-0.3, -0.25) is 0 Å². The van der Waals surface area contributed by atoms with Gasteiger partial charge in [-0.2, -0.15) is 0 Å². The molecule has 1 aromatic carbocycles. The molecule has 0 aliphatic rings. The SMILES string of the molecule is CCc1c(Cl)c(Cl)cc(C(=O)O)c1OC. The third-order valence-electron chi connectivity index (χ3n) is 2.05. The van der Waals surface area contributed by atoms with Crippen molar-refractivity contribution in [2.75, 3.05) is 7.11 Å². The van der Waals surface area contributed by atoms with E-state index in [1.807, 2.05) is 6.92 Å². The van der Waals surface area contributed by atoms with Gasteiger partial charge >= 0.3 is 5.97 Å². The van der Waals surface area contributed by atoms with Gasteiger partial charge in [-0.15, -0.1) is 0 Å². The van der Waals surface area contributed by atoms with Crippen LogP contribution in [0.1, 0.15) is 22.8 Å². The maximum Gasteiger partial charge on any atom is 0.339 e. The number of carboxylic acid groups (broad SMARTS) is 1. The first-order valence-electron chi connectivity index (χ1n) is 4.31. The van der Waals surface area contributed by atoms with Crippen LogP contribution < -0.4 is 4.74 Å². The molecule has 3 nitrogen and oxygen atoms in total. The molecule has 0 heterocycles. The Labute approximate surface area is 97.6 Å². The summed E-state index contributed by atoms with van der Waals surface area (Å²) in [6.45, 7) is 1.85. The first kappa shape index (κ1) is 12.1. The predicted molar refractivity (Wildman–Crippen MR) is 59.4 cm³/mol. The van der Waals surface area contributed by atoms with Gasteiger partial charge in [0.05, 0.1) is 17.2 Å². The summed E-state index contributed by atoms with van der Waals surface area (Å²) in [4.78, 5) is 10.9. The minimum absolute atomic E-state index is 0.0313. The van der Waals surface area contributed by atoms with Crippen molar-refractivity contribution >= 4 is 29.2 Å². The highest BCUT2D eigenvalue weighted by molar-refractivity contribution is 6.43. The fourth-order valence-electron chi connectivity index (χ4n) is 1.37. The number of rotatable bonds is 3. The molecule has 0 saturated heterocycles. The number of benzene rings is 1. The number of methoxy groups -OCH3 is 1. The largest absolute Gasteiger partial charge is 0.496 e. The highest BCUT2D eigenvalue weighted by Crippen LogP contribution is 2.36. The highest BCUT2D eigenvalue weighted by atomic mass is 35.5. The summed E-state index contributed by atoms with van der Waals surface area (Å²) in [7, 11) is 1.41. The molecule has 15 heavy (non-hydrogen) atoms. The van der Waals surface area contributed by atoms with Gasteiger partial charge in [0.25, 0.3) is 0 Å². The van der Waals surface area contributed by atoms with Gasteiger partial charge in [-0.1, -0.05) is 30.1 Å². The van der Waals surface area contributed by atoms with Crippen molar-refractivity contribution in [3.8, 4) is 5.75 Å². The van der Waals surface area contributed by atoms with E-state index in [1.165, 1.54) is 13.2 Å². The summed E-state index contributed by atoms with van der Waals surface area (Å²) < 4.78 is 5.04. The topological polar surface area (TPSA) is 46.5 Å². The summed E-state index contributed by atoms with van der Waals surface area (Å²) in [6.07, 6.45) is 0.558. The molecule has 1 aromatic rings. The van der Waals surface area contributed by atoms with Gasteiger partial charge in [0.15, 0.2) is 0 Å². The average Bonchev–Trinajstić information content (AvgIpc) is 2.20. The summed E-state index contributed by atoms with van der Waals surface area (Å²) in [6, 6.07) is 1.30. The van der Waals surface area contributed by atoms with Crippen LogP contribution in [0.4, 0.5) is 0 Å². The monoisotopic (exact) mass is 248 g/mol. The van der Waals surface area contributed by atoms with Crippen molar-refractivity contribution in [3.63, 3.8) is 0 Å². The molecule has 0 aromatic heterocycles. The molecule has 5 heteroatoms. The molecular weight excluding hydrogens is 239 g/mol. The lowest BCUT2D eigenvalue weighted by Gasteiger charge is -2.12. The highest BCUT2D eigenvalue weighted by Gasteiger charge is 2.19. The van der Waals surface area contributed by atoms with E-state index in [9.17, 15) is 4.79 Å². The zero-order valence-corrected chi connectivity index (χ0v) is 9.82. The molecule has 0 aliphatic carbocycles. The van der Waals surface area contributed by atoms with E-state index < -0.39 is 5.97 Å². The lowest BCUT2D eigenvalue weighted by molar-refractivity contribution is 0.0693. The molecule has 0 fully saturated rings. The molecular formula is C10H10Cl2O3. The van der Waals surface area contributed by atoms with Crippen LogP contribution in [0.5, 0.6) is 5.75 Å². The maximum atomic E-state index is 10.9. The second kappa shape index (κ2) is 4.73. The van der Waals surface area contributed by atoms with E-state index in [-0.39, 0.29) is 16.3 Å². The van der Waals surface area contributed by atoms with Crippen LogP contribution in [0.2, 0.25) is 10.0 Å². The first-order valence-corrected chi connectivity index (χ1v) is 5.06. The first-order chi connectivity index (χ1) is 7.02. The molecule has 1 rings (SSSR count). The van der Waals surface area contributed by atoms with E-state index in [0.29, 0.717) is 17.0 Å². The molecule has 0 amide bonds. The van der Waals surface area contributed by atoms with Gasteiger partial charge in [0.2, 0.25) is 0 Å².